The number of nitrogens with zero attached hydrogens (tertiary/aromatic N) is 3. The highest BCUT2D eigenvalue weighted by molar-refractivity contribution is 5.80. The Hall–Kier alpha value is -2.75. The Morgan fingerprint density at radius 1 is 1.33 bits per heavy atom. The molecule has 1 amide bonds. The molecule has 1 unspecified atom stereocenters. The number of amides is 1. The van der Waals surface area contributed by atoms with Crippen molar-refractivity contribution >= 4 is 5.91 Å². The number of primary amides is 1. The third-order valence-corrected chi connectivity index (χ3v) is 3.29. The van der Waals surface area contributed by atoms with Gasteiger partial charge in [-0.25, -0.2) is 4.98 Å². The molecular formula is C14H14F3N5O2. The van der Waals surface area contributed by atoms with Gasteiger partial charge in [-0.15, -0.1) is 10.2 Å². The number of halogens is 3. The number of alkyl halides is 3. The summed E-state index contributed by atoms with van der Waals surface area (Å²) in [6.45, 7) is 1.53. The van der Waals surface area contributed by atoms with Gasteiger partial charge in [0.15, 0.2) is 5.82 Å². The molecular weight excluding hydrogens is 327 g/mol. The molecule has 0 bridgehead atoms. The number of carbonyl (C=O) groups is 1. The van der Waals surface area contributed by atoms with Crippen molar-refractivity contribution in [3.05, 3.63) is 35.3 Å². The van der Waals surface area contributed by atoms with Crippen molar-refractivity contribution < 1.29 is 23.1 Å². The fourth-order valence-electron chi connectivity index (χ4n) is 2.10. The average molecular weight is 341 g/mol. The second-order valence-corrected chi connectivity index (χ2v) is 4.96. The van der Waals surface area contributed by atoms with Gasteiger partial charge in [0.25, 0.3) is 0 Å². The zero-order chi connectivity index (χ0) is 18.1. The number of aromatic nitrogens is 3. The summed E-state index contributed by atoms with van der Waals surface area (Å²) < 4.78 is 37.9. The lowest BCUT2D eigenvalue weighted by atomic mass is 10.1. The number of nitrogens with one attached hydrogen (secondary N) is 1. The molecule has 1 aromatic carbocycles. The van der Waals surface area contributed by atoms with Gasteiger partial charge in [-0.2, -0.15) is 13.2 Å². The van der Waals surface area contributed by atoms with Crippen LogP contribution in [-0.4, -0.2) is 33.2 Å². The molecule has 128 valence electrons. The molecule has 2 aromatic rings. The fraction of sp³-hybridized carbons (Fsp3) is 0.286. The Morgan fingerprint density at radius 2 is 2.00 bits per heavy atom. The summed E-state index contributed by atoms with van der Waals surface area (Å²) in [5.41, 5.74) is 4.64. The molecule has 1 aromatic heterocycles. The molecule has 0 aliphatic heterocycles. The van der Waals surface area contributed by atoms with Gasteiger partial charge in [0.1, 0.15) is 17.5 Å². The van der Waals surface area contributed by atoms with Crippen LogP contribution >= 0.6 is 0 Å². The fourth-order valence-corrected chi connectivity index (χ4v) is 2.10. The Balaban J connectivity index is 2.45. The van der Waals surface area contributed by atoms with Crippen LogP contribution in [0.15, 0.2) is 18.2 Å². The van der Waals surface area contributed by atoms with Crippen molar-refractivity contribution in [1.29, 1.82) is 0 Å². The molecule has 24 heavy (non-hydrogen) atoms. The lowest BCUT2D eigenvalue weighted by molar-refractivity contribution is -0.137. The second-order valence-electron chi connectivity index (χ2n) is 4.96. The highest BCUT2D eigenvalue weighted by Crippen LogP contribution is 2.36. The second kappa shape index (κ2) is 6.40. The van der Waals surface area contributed by atoms with Gasteiger partial charge in [-0.3, -0.25) is 4.79 Å². The number of hydrogen-bond donors (Lipinski definition) is 3. The summed E-state index contributed by atoms with van der Waals surface area (Å²) in [7, 11) is 1.49. The van der Waals surface area contributed by atoms with E-state index in [2.05, 4.69) is 20.5 Å². The quantitative estimate of drug-likeness (QED) is 0.773. The van der Waals surface area contributed by atoms with E-state index in [4.69, 9.17) is 5.73 Å². The molecule has 0 aliphatic carbocycles. The van der Waals surface area contributed by atoms with Gasteiger partial charge in [0, 0.05) is 5.56 Å². The van der Waals surface area contributed by atoms with Crippen molar-refractivity contribution in [2.75, 3.05) is 7.05 Å². The van der Waals surface area contributed by atoms with Crippen LogP contribution in [0, 0.1) is 6.92 Å². The highest BCUT2D eigenvalue weighted by atomic mass is 19.4. The molecule has 7 nitrogen and oxygen atoms in total. The van der Waals surface area contributed by atoms with Gasteiger partial charge in [-0.05, 0) is 32.2 Å². The maximum absolute atomic E-state index is 12.6. The number of hydrogen-bond acceptors (Lipinski definition) is 6. The lowest BCUT2D eigenvalue weighted by Crippen LogP contribution is -2.33. The Kier molecular flexibility index (Phi) is 4.69. The molecule has 2 rings (SSSR count). The van der Waals surface area contributed by atoms with Gasteiger partial charge in [0.05, 0.1) is 11.3 Å². The minimum Gasteiger partial charge on any atom is -0.507 e. The summed E-state index contributed by atoms with van der Waals surface area (Å²) >= 11 is 0. The molecule has 10 heteroatoms. The number of phenols is 1. The first kappa shape index (κ1) is 17.6. The van der Waals surface area contributed by atoms with Crippen LogP contribution in [0.4, 0.5) is 13.2 Å². The zero-order valence-electron chi connectivity index (χ0n) is 12.7. The molecule has 0 radical (unpaired) electrons. The zero-order valence-corrected chi connectivity index (χ0v) is 12.7. The molecule has 1 heterocycles. The van der Waals surface area contributed by atoms with E-state index in [1.54, 1.807) is 0 Å². The molecule has 0 fully saturated rings. The monoisotopic (exact) mass is 341 g/mol. The third kappa shape index (κ3) is 3.43. The first-order chi connectivity index (χ1) is 11.1. The maximum atomic E-state index is 12.6. The van der Waals surface area contributed by atoms with Crippen molar-refractivity contribution in [2.45, 2.75) is 19.1 Å². The van der Waals surface area contributed by atoms with E-state index in [0.29, 0.717) is 6.07 Å². The van der Waals surface area contributed by atoms with Crippen LogP contribution in [0.25, 0.3) is 11.3 Å². The van der Waals surface area contributed by atoms with E-state index in [0.717, 1.165) is 12.1 Å². The first-order valence-electron chi connectivity index (χ1n) is 6.73. The van der Waals surface area contributed by atoms with E-state index < -0.39 is 29.4 Å². The van der Waals surface area contributed by atoms with Crippen LogP contribution in [0.3, 0.4) is 0 Å². The van der Waals surface area contributed by atoms with Crippen LogP contribution in [0.2, 0.25) is 0 Å². The summed E-state index contributed by atoms with van der Waals surface area (Å²) in [5, 5.41) is 20.1. The number of benzene rings is 1. The summed E-state index contributed by atoms with van der Waals surface area (Å²) in [5.74, 6) is -1.28. The largest absolute Gasteiger partial charge is 0.507 e. The minimum absolute atomic E-state index is 0.0256. The smallest absolute Gasteiger partial charge is 0.416 e. The van der Waals surface area contributed by atoms with Crippen molar-refractivity contribution in [3.8, 4) is 17.0 Å². The maximum Gasteiger partial charge on any atom is 0.416 e. The molecule has 1 atom stereocenters. The van der Waals surface area contributed by atoms with Crippen molar-refractivity contribution in [3.63, 3.8) is 0 Å². The molecule has 0 saturated heterocycles. The number of aryl methyl sites for hydroxylation is 1. The van der Waals surface area contributed by atoms with E-state index in [-0.39, 0.29) is 22.8 Å². The van der Waals surface area contributed by atoms with Crippen LogP contribution < -0.4 is 11.1 Å². The van der Waals surface area contributed by atoms with E-state index >= 15 is 0 Å². The van der Waals surface area contributed by atoms with E-state index in [1.165, 1.54) is 14.0 Å². The number of rotatable bonds is 4. The van der Waals surface area contributed by atoms with Gasteiger partial charge in [0.2, 0.25) is 5.91 Å². The Morgan fingerprint density at radius 3 is 2.46 bits per heavy atom. The topological polar surface area (TPSA) is 114 Å². The average Bonchev–Trinajstić information content (AvgIpc) is 2.47. The Bertz CT molecular complexity index is 779. The first-order valence-corrected chi connectivity index (χ1v) is 6.73. The Labute approximate surface area is 134 Å². The lowest BCUT2D eigenvalue weighted by Gasteiger charge is -2.13. The molecule has 0 aliphatic rings. The molecule has 0 saturated carbocycles. The summed E-state index contributed by atoms with van der Waals surface area (Å²) in [6, 6.07) is 1.56. The number of phenolic OH excluding ortho intramolecular Hbond substituents is 1. The minimum atomic E-state index is -4.57. The van der Waals surface area contributed by atoms with E-state index in [1.807, 2.05) is 0 Å². The summed E-state index contributed by atoms with van der Waals surface area (Å²) in [6.07, 6.45) is -4.57. The SMILES string of the molecule is CNC(C(N)=O)c1nnc(-c2ccc(C(F)(F)F)cc2O)c(C)n1. The standard InChI is InChI=1S/C14H14F3N5O2/c1-6-10(21-22-13(20-6)11(19-2)12(18)24)8-4-3-7(5-9(8)23)14(15,16)17/h3-5,11,19,23H,1-2H3,(H2,18,24). The van der Waals surface area contributed by atoms with Gasteiger partial charge >= 0.3 is 6.18 Å². The summed E-state index contributed by atoms with van der Waals surface area (Å²) in [4.78, 5) is 15.4. The van der Waals surface area contributed by atoms with Crippen molar-refractivity contribution in [1.82, 2.24) is 20.5 Å². The van der Waals surface area contributed by atoms with Gasteiger partial charge in [-0.1, -0.05) is 0 Å². The van der Waals surface area contributed by atoms with Gasteiger partial charge < -0.3 is 16.2 Å². The van der Waals surface area contributed by atoms with E-state index in [9.17, 15) is 23.1 Å². The van der Waals surface area contributed by atoms with Crippen LogP contribution in [0.1, 0.15) is 23.1 Å². The predicted molar refractivity (Wildman–Crippen MR) is 77.7 cm³/mol. The molecule has 0 spiro atoms. The number of carbonyl (C=O) groups excluding carboxylic acids is 1. The van der Waals surface area contributed by atoms with Crippen LogP contribution in [0.5, 0.6) is 5.75 Å². The van der Waals surface area contributed by atoms with Crippen LogP contribution in [-0.2, 0) is 11.0 Å². The van der Waals surface area contributed by atoms with Crippen molar-refractivity contribution in [2.24, 2.45) is 5.73 Å². The number of aromatic hydroxyl groups is 1. The predicted octanol–water partition coefficient (Wildman–Crippen LogP) is 1.32. The third-order valence-electron chi connectivity index (χ3n) is 3.29. The molecule has 4 N–H and O–H groups in total. The number of likely N-dealkylation sites (N-methyl/N-ethyl adjacent to an activating group) is 1. The normalized spacial score (nSPS) is 12.9. The highest BCUT2D eigenvalue weighted by Gasteiger charge is 2.31. The number of nitrogens with two attached hydrogens (primary N) is 1.